The Balaban J connectivity index is 1.69. The minimum Gasteiger partial charge on any atom is -0.315 e. The molecule has 1 N–H and O–H groups in total. The van der Waals surface area contributed by atoms with Crippen LogP contribution in [0.4, 0.5) is 0 Å². The zero-order chi connectivity index (χ0) is 8.73. The fraction of sp³-hybridized carbons (Fsp3) is 1.00. The van der Waals surface area contributed by atoms with Gasteiger partial charge in [0.25, 0.3) is 0 Å². The summed E-state index contributed by atoms with van der Waals surface area (Å²) in [6.45, 7) is 5.30. The molecule has 0 amide bonds. The normalized spacial score (nSPS) is 38.3. The quantitative estimate of drug-likeness (QED) is 0.653. The first-order valence-corrected chi connectivity index (χ1v) is 5.86. The second kappa shape index (κ2) is 2.96. The molecule has 0 aromatic rings. The van der Waals surface area contributed by atoms with Gasteiger partial charge in [-0.15, -0.1) is 0 Å². The van der Waals surface area contributed by atoms with Gasteiger partial charge in [0, 0.05) is 19.1 Å². The Bertz CT molecular complexity index is 192. The van der Waals surface area contributed by atoms with Gasteiger partial charge in [-0.05, 0) is 44.2 Å². The molecule has 1 saturated carbocycles. The Hall–Kier alpha value is -0.0800. The first-order chi connectivity index (χ1) is 6.41. The molecule has 13 heavy (non-hydrogen) atoms. The lowest BCUT2D eigenvalue weighted by Gasteiger charge is -2.35. The first kappa shape index (κ1) is 8.25. The summed E-state index contributed by atoms with van der Waals surface area (Å²) >= 11 is 0. The molecular formula is C11H20N2. The molecule has 0 aromatic heterocycles. The molecule has 1 aliphatic carbocycles. The van der Waals surface area contributed by atoms with Crippen molar-refractivity contribution in [3.05, 3.63) is 0 Å². The number of rotatable bonds is 1. The molecule has 2 heterocycles. The van der Waals surface area contributed by atoms with Crippen molar-refractivity contribution in [1.29, 1.82) is 0 Å². The van der Waals surface area contributed by atoms with Gasteiger partial charge in [0.15, 0.2) is 0 Å². The largest absolute Gasteiger partial charge is 0.315 e. The molecule has 1 atom stereocenters. The monoisotopic (exact) mass is 180 g/mol. The van der Waals surface area contributed by atoms with Gasteiger partial charge in [0.05, 0.1) is 0 Å². The Morgan fingerprint density at radius 2 is 1.85 bits per heavy atom. The number of likely N-dealkylation sites (tertiary alicyclic amines) is 1. The van der Waals surface area contributed by atoms with Crippen molar-refractivity contribution in [2.45, 2.75) is 38.1 Å². The van der Waals surface area contributed by atoms with E-state index in [1.54, 1.807) is 0 Å². The summed E-state index contributed by atoms with van der Waals surface area (Å²) in [6, 6.07) is 0.896. The number of hydrogen-bond donors (Lipinski definition) is 1. The van der Waals surface area contributed by atoms with E-state index >= 15 is 0 Å². The molecule has 0 unspecified atom stereocenters. The number of hydrogen-bond acceptors (Lipinski definition) is 2. The van der Waals surface area contributed by atoms with Crippen molar-refractivity contribution in [3.63, 3.8) is 0 Å². The number of piperidine rings is 1. The smallest absolute Gasteiger partial charge is 0.0289 e. The maximum Gasteiger partial charge on any atom is 0.0289 e. The van der Waals surface area contributed by atoms with E-state index in [1.807, 2.05) is 0 Å². The molecule has 2 aliphatic heterocycles. The molecular weight excluding hydrogens is 160 g/mol. The molecule has 0 aromatic carbocycles. The number of nitrogens with one attached hydrogen (secondary N) is 1. The second-order valence-electron chi connectivity index (χ2n) is 5.11. The maximum atomic E-state index is 3.58. The molecule has 3 rings (SSSR count). The summed E-state index contributed by atoms with van der Waals surface area (Å²) in [7, 11) is 0. The minimum atomic E-state index is 0.733. The van der Waals surface area contributed by atoms with Crippen LogP contribution in [0.1, 0.15) is 32.1 Å². The molecule has 0 bridgehead atoms. The SMILES string of the molecule is C1CCN([C@@H]2CNCC23CC3)CC1. The van der Waals surface area contributed by atoms with Crippen LogP contribution in [-0.2, 0) is 0 Å². The summed E-state index contributed by atoms with van der Waals surface area (Å²) in [6.07, 6.45) is 7.31. The van der Waals surface area contributed by atoms with Crippen LogP contribution in [0.2, 0.25) is 0 Å². The first-order valence-electron chi connectivity index (χ1n) is 5.86. The van der Waals surface area contributed by atoms with Crippen LogP contribution in [0.15, 0.2) is 0 Å². The summed E-state index contributed by atoms with van der Waals surface area (Å²) in [5.74, 6) is 0. The zero-order valence-electron chi connectivity index (χ0n) is 8.39. The van der Waals surface area contributed by atoms with Crippen LogP contribution in [0.5, 0.6) is 0 Å². The minimum absolute atomic E-state index is 0.733. The molecule has 3 aliphatic rings. The second-order valence-corrected chi connectivity index (χ2v) is 5.11. The van der Waals surface area contributed by atoms with Crippen molar-refractivity contribution in [1.82, 2.24) is 10.2 Å². The lowest BCUT2D eigenvalue weighted by molar-refractivity contribution is 0.134. The van der Waals surface area contributed by atoms with Crippen LogP contribution >= 0.6 is 0 Å². The third-order valence-corrected chi connectivity index (χ3v) is 4.25. The molecule has 2 nitrogen and oxygen atoms in total. The third kappa shape index (κ3) is 1.31. The van der Waals surface area contributed by atoms with E-state index in [1.165, 1.54) is 58.3 Å². The average molecular weight is 180 g/mol. The zero-order valence-corrected chi connectivity index (χ0v) is 8.39. The van der Waals surface area contributed by atoms with Gasteiger partial charge in [-0.2, -0.15) is 0 Å². The van der Waals surface area contributed by atoms with E-state index in [-0.39, 0.29) is 0 Å². The highest BCUT2D eigenvalue weighted by molar-refractivity contribution is 5.09. The molecule has 1 spiro atoms. The van der Waals surface area contributed by atoms with Gasteiger partial charge in [-0.1, -0.05) is 6.42 Å². The topological polar surface area (TPSA) is 15.3 Å². The Labute approximate surface area is 80.7 Å². The van der Waals surface area contributed by atoms with Crippen LogP contribution in [-0.4, -0.2) is 37.1 Å². The van der Waals surface area contributed by atoms with Gasteiger partial charge >= 0.3 is 0 Å². The lowest BCUT2D eigenvalue weighted by atomic mass is 9.97. The van der Waals surface area contributed by atoms with Crippen LogP contribution in [0.3, 0.4) is 0 Å². The van der Waals surface area contributed by atoms with Gasteiger partial charge in [0.2, 0.25) is 0 Å². The summed E-state index contributed by atoms with van der Waals surface area (Å²) in [4.78, 5) is 2.76. The molecule has 74 valence electrons. The van der Waals surface area contributed by atoms with Gasteiger partial charge < -0.3 is 5.32 Å². The average Bonchev–Trinajstić information content (AvgIpc) is 2.80. The predicted octanol–water partition coefficient (Wildman–Crippen LogP) is 1.22. The highest BCUT2D eigenvalue weighted by Gasteiger charge is 2.53. The standard InChI is InChI=1S/C11H20N2/c1-2-6-13(7-3-1)10-8-12-9-11(10)4-5-11/h10,12H,1-9H2/t10-/m1/s1. The van der Waals surface area contributed by atoms with Crippen LogP contribution < -0.4 is 5.32 Å². The lowest BCUT2D eigenvalue weighted by Crippen LogP contribution is -2.44. The summed E-state index contributed by atoms with van der Waals surface area (Å²) in [5, 5.41) is 3.58. The Morgan fingerprint density at radius 3 is 2.54 bits per heavy atom. The molecule has 3 fully saturated rings. The van der Waals surface area contributed by atoms with Gasteiger partial charge in [-0.3, -0.25) is 4.90 Å². The Morgan fingerprint density at radius 1 is 1.08 bits per heavy atom. The Kier molecular flexibility index (Phi) is 1.88. The summed E-state index contributed by atoms with van der Waals surface area (Å²) < 4.78 is 0. The molecule has 0 radical (unpaired) electrons. The maximum absolute atomic E-state index is 3.58. The highest BCUT2D eigenvalue weighted by Crippen LogP contribution is 2.52. The highest BCUT2D eigenvalue weighted by atomic mass is 15.2. The predicted molar refractivity (Wildman–Crippen MR) is 53.7 cm³/mol. The van der Waals surface area contributed by atoms with Crippen molar-refractivity contribution < 1.29 is 0 Å². The third-order valence-electron chi connectivity index (χ3n) is 4.25. The van der Waals surface area contributed by atoms with Gasteiger partial charge in [-0.25, -0.2) is 0 Å². The van der Waals surface area contributed by atoms with E-state index < -0.39 is 0 Å². The fourth-order valence-corrected chi connectivity index (χ4v) is 3.21. The van der Waals surface area contributed by atoms with E-state index in [2.05, 4.69) is 10.2 Å². The molecule has 2 saturated heterocycles. The van der Waals surface area contributed by atoms with E-state index in [0.717, 1.165) is 11.5 Å². The van der Waals surface area contributed by atoms with Crippen molar-refractivity contribution in [2.75, 3.05) is 26.2 Å². The fourth-order valence-electron chi connectivity index (χ4n) is 3.21. The summed E-state index contributed by atoms with van der Waals surface area (Å²) in [5.41, 5.74) is 0.733. The van der Waals surface area contributed by atoms with Crippen molar-refractivity contribution in [3.8, 4) is 0 Å². The van der Waals surface area contributed by atoms with E-state index in [0.29, 0.717) is 0 Å². The molecule has 2 heteroatoms. The number of nitrogens with zero attached hydrogens (tertiary/aromatic N) is 1. The van der Waals surface area contributed by atoms with E-state index in [4.69, 9.17) is 0 Å². The van der Waals surface area contributed by atoms with Crippen molar-refractivity contribution >= 4 is 0 Å². The van der Waals surface area contributed by atoms with E-state index in [9.17, 15) is 0 Å². The van der Waals surface area contributed by atoms with Crippen LogP contribution in [0.25, 0.3) is 0 Å². The van der Waals surface area contributed by atoms with Crippen molar-refractivity contribution in [2.24, 2.45) is 5.41 Å². The van der Waals surface area contributed by atoms with Gasteiger partial charge in [0.1, 0.15) is 0 Å². The van der Waals surface area contributed by atoms with Crippen LogP contribution in [0, 0.1) is 5.41 Å².